The van der Waals surface area contributed by atoms with Crippen molar-refractivity contribution in [3.05, 3.63) is 72.2 Å². The van der Waals surface area contributed by atoms with Crippen LogP contribution in [0.3, 0.4) is 0 Å². The summed E-state index contributed by atoms with van der Waals surface area (Å²) in [5.74, 6) is 1.17. The third-order valence-corrected chi connectivity index (χ3v) is 5.34. The average Bonchev–Trinajstić information content (AvgIpc) is 3.29. The molecule has 1 fully saturated rings. The number of carbonyl (C=O) groups excluding carboxylic acids is 1. The molecule has 3 aromatic rings. The molecule has 1 aromatic carbocycles. The highest BCUT2D eigenvalue weighted by molar-refractivity contribution is 5.97. The molecule has 31 heavy (non-hydrogen) atoms. The first-order chi connectivity index (χ1) is 15.1. The summed E-state index contributed by atoms with van der Waals surface area (Å²) in [5, 5.41) is 0. The number of rotatable bonds is 7. The van der Waals surface area contributed by atoms with Crippen LogP contribution in [-0.2, 0) is 0 Å². The molecule has 160 valence electrons. The van der Waals surface area contributed by atoms with Crippen molar-refractivity contribution < 1.29 is 9.53 Å². The smallest absolute Gasteiger partial charge is 0.258 e. The quantitative estimate of drug-likeness (QED) is 0.586. The minimum atomic E-state index is -0.0900. The van der Waals surface area contributed by atoms with E-state index in [9.17, 15) is 4.79 Å². The second-order valence-electron chi connectivity index (χ2n) is 7.82. The highest BCUT2D eigenvalue weighted by atomic mass is 16.5. The van der Waals surface area contributed by atoms with Crippen molar-refractivity contribution in [3.8, 4) is 17.3 Å². The summed E-state index contributed by atoms with van der Waals surface area (Å²) in [5.41, 5.74) is 2.15. The Kier molecular flexibility index (Phi) is 6.52. The Morgan fingerprint density at radius 1 is 1.10 bits per heavy atom. The molecular formula is C24H27N5O2. The van der Waals surface area contributed by atoms with Crippen molar-refractivity contribution >= 4 is 5.91 Å². The molecule has 0 saturated carbocycles. The molecule has 0 radical (unpaired) electrons. The molecule has 2 aromatic heterocycles. The zero-order chi connectivity index (χ0) is 21.6. The SMILES string of the molecule is CN(C)CCOc1ccccc1C(=O)N1CCC[C@@H]1c1ccnc(-c2ccccn2)n1. The number of carbonyl (C=O) groups is 1. The Morgan fingerprint density at radius 2 is 1.94 bits per heavy atom. The van der Waals surface area contributed by atoms with Gasteiger partial charge in [0.05, 0.1) is 17.3 Å². The van der Waals surface area contributed by atoms with E-state index < -0.39 is 0 Å². The first-order valence-corrected chi connectivity index (χ1v) is 10.6. The number of pyridine rings is 1. The van der Waals surface area contributed by atoms with E-state index in [2.05, 4.69) is 14.9 Å². The molecule has 7 heteroatoms. The number of nitrogens with zero attached hydrogens (tertiary/aromatic N) is 5. The van der Waals surface area contributed by atoms with E-state index >= 15 is 0 Å². The second-order valence-corrected chi connectivity index (χ2v) is 7.82. The zero-order valence-corrected chi connectivity index (χ0v) is 17.9. The van der Waals surface area contributed by atoms with Crippen molar-refractivity contribution in [1.29, 1.82) is 0 Å². The monoisotopic (exact) mass is 417 g/mol. The van der Waals surface area contributed by atoms with Crippen LogP contribution in [0.4, 0.5) is 0 Å². The summed E-state index contributed by atoms with van der Waals surface area (Å²) in [6.07, 6.45) is 5.27. The number of aromatic nitrogens is 3. The second kappa shape index (κ2) is 9.66. The first-order valence-electron chi connectivity index (χ1n) is 10.6. The molecule has 4 rings (SSSR count). The molecule has 0 bridgehead atoms. The van der Waals surface area contributed by atoms with Gasteiger partial charge in [0.1, 0.15) is 18.1 Å². The third kappa shape index (κ3) is 4.88. The lowest BCUT2D eigenvalue weighted by molar-refractivity contribution is 0.0728. The first kappa shape index (κ1) is 20.9. The largest absolute Gasteiger partial charge is 0.491 e. The minimum Gasteiger partial charge on any atom is -0.491 e. The van der Waals surface area contributed by atoms with Crippen LogP contribution >= 0.6 is 0 Å². The van der Waals surface area contributed by atoms with E-state index in [-0.39, 0.29) is 11.9 Å². The maximum Gasteiger partial charge on any atom is 0.258 e. The maximum absolute atomic E-state index is 13.5. The fourth-order valence-electron chi connectivity index (χ4n) is 3.76. The van der Waals surface area contributed by atoms with Crippen LogP contribution in [0, 0.1) is 0 Å². The van der Waals surface area contributed by atoms with E-state index in [4.69, 9.17) is 9.72 Å². The van der Waals surface area contributed by atoms with Crippen LogP contribution < -0.4 is 4.74 Å². The molecule has 1 amide bonds. The molecule has 1 atom stereocenters. The van der Waals surface area contributed by atoms with Crippen LogP contribution in [-0.4, -0.2) is 64.5 Å². The number of para-hydroxylation sites is 1. The van der Waals surface area contributed by atoms with Crippen molar-refractivity contribution in [2.24, 2.45) is 0 Å². The van der Waals surface area contributed by atoms with Crippen LogP contribution in [0.5, 0.6) is 5.75 Å². The summed E-state index contributed by atoms with van der Waals surface area (Å²) in [6, 6.07) is 14.9. The predicted octanol–water partition coefficient (Wildman–Crippen LogP) is 3.46. The summed E-state index contributed by atoms with van der Waals surface area (Å²) in [7, 11) is 3.99. The third-order valence-electron chi connectivity index (χ3n) is 5.34. The average molecular weight is 418 g/mol. The van der Waals surface area contributed by atoms with Crippen molar-refractivity contribution in [3.63, 3.8) is 0 Å². The van der Waals surface area contributed by atoms with Gasteiger partial charge >= 0.3 is 0 Å². The highest BCUT2D eigenvalue weighted by Crippen LogP contribution is 2.34. The normalized spacial score (nSPS) is 16.0. The minimum absolute atomic E-state index is 0.0269. The van der Waals surface area contributed by atoms with Crippen LogP contribution in [0.25, 0.3) is 11.5 Å². The van der Waals surface area contributed by atoms with Gasteiger partial charge in [0.2, 0.25) is 0 Å². The van der Waals surface area contributed by atoms with Gasteiger partial charge in [-0.3, -0.25) is 9.78 Å². The van der Waals surface area contributed by atoms with Gasteiger partial charge in [0.25, 0.3) is 5.91 Å². The van der Waals surface area contributed by atoms with E-state index in [1.54, 1.807) is 12.4 Å². The Morgan fingerprint density at radius 3 is 2.74 bits per heavy atom. The number of likely N-dealkylation sites (tertiary alicyclic amines) is 1. The molecule has 1 aliphatic rings. The summed E-state index contributed by atoms with van der Waals surface area (Å²) < 4.78 is 5.92. The maximum atomic E-state index is 13.5. The van der Waals surface area contributed by atoms with E-state index in [0.717, 1.165) is 30.8 Å². The number of ether oxygens (including phenoxy) is 1. The predicted molar refractivity (Wildman–Crippen MR) is 119 cm³/mol. The molecule has 0 unspecified atom stereocenters. The molecule has 0 aliphatic carbocycles. The standard InChI is InChI=1S/C24H27N5O2/c1-28(2)16-17-31-22-11-4-3-8-18(22)24(30)29-15-7-10-21(29)19-12-14-26-23(27-19)20-9-5-6-13-25-20/h3-6,8-9,11-14,21H,7,10,15-17H2,1-2H3/t21-/m1/s1. The zero-order valence-electron chi connectivity index (χ0n) is 17.9. The van der Waals surface area contributed by atoms with Gasteiger partial charge in [-0.25, -0.2) is 9.97 Å². The van der Waals surface area contributed by atoms with E-state index in [1.807, 2.05) is 67.5 Å². The fraction of sp³-hybridized carbons (Fsp3) is 0.333. The topological polar surface area (TPSA) is 71.5 Å². The number of hydrogen-bond acceptors (Lipinski definition) is 6. The Hall–Kier alpha value is -3.32. The van der Waals surface area contributed by atoms with E-state index in [0.29, 0.717) is 30.3 Å². The van der Waals surface area contributed by atoms with Gasteiger partial charge in [0.15, 0.2) is 5.82 Å². The number of likely N-dealkylation sites (N-methyl/N-ethyl adjacent to an activating group) is 1. The molecular weight excluding hydrogens is 390 g/mol. The lowest BCUT2D eigenvalue weighted by Crippen LogP contribution is -2.31. The van der Waals surface area contributed by atoms with Gasteiger partial charge < -0.3 is 14.5 Å². The van der Waals surface area contributed by atoms with Gasteiger partial charge in [-0.1, -0.05) is 18.2 Å². The van der Waals surface area contributed by atoms with Gasteiger partial charge in [-0.05, 0) is 57.3 Å². The van der Waals surface area contributed by atoms with Crippen LogP contribution in [0.1, 0.15) is 34.9 Å². The van der Waals surface area contributed by atoms with Crippen molar-refractivity contribution in [1.82, 2.24) is 24.8 Å². The lowest BCUT2D eigenvalue weighted by Gasteiger charge is -2.25. The lowest BCUT2D eigenvalue weighted by atomic mass is 10.1. The molecule has 1 aliphatic heterocycles. The highest BCUT2D eigenvalue weighted by Gasteiger charge is 2.33. The molecule has 0 N–H and O–H groups in total. The Labute approximate surface area is 182 Å². The van der Waals surface area contributed by atoms with Crippen LogP contribution in [0.2, 0.25) is 0 Å². The van der Waals surface area contributed by atoms with E-state index in [1.165, 1.54) is 0 Å². The van der Waals surface area contributed by atoms with Crippen molar-refractivity contribution in [2.45, 2.75) is 18.9 Å². The number of hydrogen-bond donors (Lipinski definition) is 0. The summed E-state index contributed by atoms with van der Waals surface area (Å²) in [6.45, 7) is 2.00. The van der Waals surface area contributed by atoms with Gasteiger partial charge in [-0.15, -0.1) is 0 Å². The molecule has 1 saturated heterocycles. The van der Waals surface area contributed by atoms with Gasteiger partial charge in [0, 0.05) is 25.5 Å². The Bertz CT molecular complexity index is 1030. The fourth-order valence-corrected chi connectivity index (χ4v) is 3.76. The van der Waals surface area contributed by atoms with Gasteiger partial charge in [-0.2, -0.15) is 0 Å². The summed E-state index contributed by atoms with van der Waals surface area (Å²) >= 11 is 0. The summed E-state index contributed by atoms with van der Waals surface area (Å²) in [4.78, 5) is 30.9. The molecule has 0 spiro atoms. The Balaban J connectivity index is 1.56. The van der Waals surface area contributed by atoms with Crippen molar-refractivity contribution in [2.75, 3.05) is 33.8 Å². The molecule has 7 nitrogen and oxygen atoms in total. The number of amides is 1. The van der Waals surface area contributed by atoms with Crippen LogP contribution in [0.15, 0.2) is 60.9 Å². The number of benzene rings is 1. The molecule has 3 heterocycles.